The predicted octanol–water partition coefficient (Wildman–Crippen LogP) is 4.75. The summed E-state index contributed by atoms with van der Waals surface area (Å²) in [5.74, 6) is 4.55. The summed E-state index contributed by atoms with van der Waals surface area (Å²) < 4.78 is 0. The van der Waals surface area contributed by atoms with Crippen molar-refractivity contribution in [2.45, 2.75) is 77.2 Å². The van der Waals surface area contributed by atoms with E-state index in [-0.39, 0.29) is 29.1 Å². The number of phenolic OH excluding ortho intramolecular Hbond substituents is 1. The van der Waals surface area contributed by atoms with Gasteiger partial charge in [-0.3, -0.25) is 4.79 Å². The molecule has 5 rings (SSSR count). The fourth-order valence-electron chi connectivity index (χ4n) is 8.13. The number of nitrogens with one attached hydrogen (secondary N) is 1. The minimum absolute atomic E-state index is 0.0947. The SMILES string of the molecule is C#C[C@@]1(O)CC[C@@H]2[C@@H]3CCC4=CC(=NOCC(=O)NCCc5ccc(O)cc5)CC[C@]4(C)[C@H]3CC[C@]21C. The van der Waals surface area contributed by atoms with Crippen molar-refractivity contribution >= 4 is 11.6 Å². The normalized spacial score (nSPS) is 37.5. The van der Waals surface area contributed by atoms with Crippen LogP contribution >= 0.6 is 0 Å². The van der Waals surface area contributed by atoms with Crippen molar-refractivity contribution in [2.24, 2.45) is 33.7 Å². The molecule has 3 N–H and O–H groups in total. The molecule has 0 aliphatic heterocycles. The fraction of sp³-hybridized carbons (Fsp3) is 0.613. The highest BCUT2D eigenvalue weighted by atomic mass is 16.6. The molecule has 6 heteroatoms. The fourth-order valence-corrected chi connectivity index (χ4v) is 8.13. The number of phenols is 1. The van der Waals surface area contributed by atoms with Gasteiger partial charge in [-0.1, -0.05) is 42.6 Å². The number of amides is 1. The van der Waals surface area contributed by atoms with Gasteiger partial charge in [0.15, 0.2) is 6.61 Å². The van der Waals surface area contributed by atoms with Gasteiger partial charge in [0.25, 0.3) is 5.91 Å². The summed E-state index contributed by atoms with van der Waals surface area (Å²) in [6.45, 7) is 5.08. The van der Waals surface area contributed by atoms with E-state index in [1.165, 1.54) is 5.57 Å². The maximum absolute atomic E-state index is 12.2. The van der Waals surface area contributed by atoms with Gasteiger partial charge in [0.1, 0.15) is 11.4 Å². The highest BCUT2D eigenvalue weighted by molar-refractivity contribution is 5.96. The zero-order valence-corrected chi connectivity index (χ0v) is 22.1. The molecule has 6 atom stereocenters. The second kappa shape index (κ2) is 9.83. The Kier molecular flexibility index (Phi) is 6.87. The number of hydrogen-bond acceptors (Lipinski definition) is 5. The molecule has 4 aliphatic carbocycles. The molecular formula is C31H40N2O4. The lowest BCUT2D eigenvalue weighted by molar-refractivity contribution is -0.125. The number of carbonyl (C=O) groups excluding carboxylic acids is 1. The Morgan fingerprint density at radius 3 is 2.65 bits per heavy atom. The second-order valence-electron chi connectivity index (χ2n) is 12.1. The molecule has 3 fully saturated rings. The molecule has 198 valence electrons. The number of nitrogens with zero attached hydrogens (tertiary/aromatic N) is 1. The van der Waals surface area contributed by atoms with E-state index in [4.69, 9.17) is 11.3 Å². The molecule has 0 saturated heterocycles. The summed E-state index contributed by atoms with van der Waals surface area (Å²) in [5.41, 5.74) is 2.47. The Bertz CT molecular complexity index is 1130. The van der Waals surface area contributed by atoms with Crippen LogP contribution in [0.3, 0.4) is 0 Å². The molecule has 0 unspecified atom stereocenters. The monoisotopic (exact) mass is 504 g/mol. The summed E-state index contributed by atoms with van der Waals surface area (Å²) in [6, 6.07) is 6.98. The summed E-state index contributed by atoms with van der Waals surface area (Å²) in [5, 5.41) is 27.7. The zero-order valence-electron chi connectivity index (χ0n) is 22.1. The number of aromatic hydroxyl groups is 1. The van der Waals surface area contributed by atoms with Gasteiger partial charge in [-0.05, 0) is 105 Å². The first-order chi connectivity index (χ1) is 17.7. The van der Waals surface area contributed by atoms with Crippen LogP contribution in [0, 0.1) is 40.9 Å². The summed E-state index contributed by atoms with van der Waals surface area (Å²) in [4.78, 5) is 17.6. The quantitative estimate of drug-likeness (QED) is 0.385. The van der Waals surface area contributed by atoms with E-state index in [2.05, 4.69) is 36.3 Å². The molecule has 0 bridgehead atoms. The third-order valence-electron chi connectivity index (χ3n) is 10.4. The highest BCUT2D eigenvalue weighted by Gasteiger charge is 2.63. The van der Waals surface area contributed by atoms with Crippen LogP contribution in [-0.2, 0) is 16.1 Å². The third kappa shape index (κ3) is 4.56. The number of allylic oxidation sites excluding steroid dienone is 2. The number of oxime groups is 1. The second-order valence-corrected chi connectivity index (χ2v) is 12.1. The van der Waals surface area contributed by atoms with Crippen LogP contribution in [-0.4, -0.2) is 40.6 Å². The van der Waals surface area contributed by atoms with Crippen molar-refractivity contribution < 1.29 is 19.8 Å². The molecule has 6 nitrogen and oxygen atoms in total. The maximum Gasteiger partial charge on any atom is 0.260 e. The highest BCUT2D eigenvalue weighted by Crippen LogP contribution is 2.67. The van der Waals surface area contributed by atoms with Crippen LogP contribution < -0.4 is 5.32 Å². The van der Waals surface area contributed by atoms with Crippen molar-refractivity contribution in [1.29, 1.82) is 0 Å². The molecule has 0 radical (unpaired) electrons. The first-order valence-electron chi connectivity index (χ1n) is 13.8. The number of terminal acetylenes is 1. The maximum atomic E-state index is 12.2. The number of benzene rings is 1. The number of hydrogen-bond donors (Lipinski definition) is 3. The van der Waals surface area contributed by atoms with Crippen molar-refractivity contribution in [3.63, 3.8) is 0 Å². The van der Waals surface area contributed by atoms with Gasteiger partial charge in [0.05, 0.1) is 5.71 Å². The Balaban J connectivity index is 1.16. The smallest absolute Gasteiger partial charge is 0.260 e. The van der Waals surface area contributed by atoms with E-state index in [1.54, 1.807) is 12.1 Å². The number of rotatable bonds is 6. The van der Waals surface area contributed by atoms with Gasteiger partial charge < -0.3 is 20.4 Å². The van der Waals surface area contributed by atoms with Crippen LogP contribution in [0.4, 0.5) is 0 Å². The van der Waals surface area contributed by atoms with Crippen molar-refractivity contribution in [3.05, 3.63) is 41.5 Å². The lowest BCUT2D eigenvalue weighted by atomic mass is 9.46. The minimum Gasteiger partial charge on any atom is -0.508 e. The molecule has 0 heterocycles. The number of aliphatic hydroxyl groups is 1. The van der Waals surface area contributed by atoms with Crippen LogP contribution in [0.1, 0.15) is 70.8 Å². The Labute approximate surface area is 220 Å². The van der Waals surface area contributed by atoms with Gasteiger partial charge >= 0.3 is 0 Å². The first-order valence-corrected chi connectivity index (χ1v) is 13.8. The molecule has 3 saturated carbocycles. The van der Waals surface area contributed by atoms with Crippen LogP contribution in [0.5, 0.6) is 5.75 Å². The Morgan fingerprint density at radius 1 is 1.14 bits per heavy atom. The Morgan fingerprint density at radius 2 is 1.89 bits per heavy atom. The average Bonchev–Trinajstić information content (AvgIpc) is 3.16. The zero-order chi connectivity index (χ0) is 26.3. The lowest BCUT2D eigenvalue weighted by Crippen LogP contribution is -2.54. The van der Waals surface area contributed by atoms with Gasteiger partial charge in [-0.15, -0.1) is 6.42 Å². The van der Waals surface area contributed by atoms with Gasteiger partial charge in [-0.2, -0.15) is 0 Å². The molecule has 4 aliphatic rings. The summed E-state index contributed by atoms with van der Waals surface area (Å²) in [6.07, 6.45) is 16.7. The Hall–Kier alpha value is -2.78. The average molecular weight is 505 g/mol. The number of fused-ring (bicyclic) bond motifs is 5. The van der Waals surface area contributed by atoms with Crippen molar-refractivity contribution in [3.8, 4) is 18.1 Å². The van der Waals surface area contributed by atoms with E-state index in [0.717, 1.165) is 62.6 Å². The molecule has 0 spiro atoms. The van der Waals surface area contributed by atoms with Crippen molar-refractivity contribution in [2.75, 3.05) is 13.2 Å². The van der Waals surface area contributed by atoms with Crippen LogP contribution in [0.2, 0.25) is 0 Å². The van der Waals surface area contributed by atoms with Crippen LogP contribution in [0.15, 0.2) is 41.1 Å². The third-order valence-corrected chi connectivity index (χ3v) is 10.4. The molecule has 1 amide bonds. The van der Waals surface area contributed by atoms with Gasteiger partial charge in [0, 0.05) is 12.0 Å². The van der Waals surface area contributed by atoms with E-state index < -0.39 is 5.60 Å². The predicted molar refractivity (Wildman–Crippen MR) is 144 cm³/mol. The van der Waals surface area contributed by atoms with Gasteiger partial charge in [0.2, 0.25) is 0 Å². The minimum atomic E-state index is -0.957. The molecular weight excluding hydrogens is 464 g/mol. The van der Waals surface area contributed by atoms with E-state index in [0.29, 0.717) is 30.7 Å². The summed E-state index contributed by atoms with van der Waals surface area (Å²) >= 11 is 0. The summed E-state index contributed by atoms with van der Waals surface area (Å²) in [7, 11) is 0. The molecule has 1 aromatic carbocycles. The topological polar surface area (TPSA) is 91.2 Å². The van der Waals surface area contributed by atoms with E-state index in [1.807, 2.05) is 12.1 Å². The van der Waals surface area contributed by atoms with Crippen LogP contribution in [0.25, 0.3) is 0 Å². The van der Waals surface area contributed by atoms with E-state index in [9.17, 15) is 15.0 Å². The van der Waals surface area contributed by atoms with E-state index >= 15 is 0 Å². The molecule has 37 heavy (non-hydrogen) atoms. The number of carbonyl (C=O) groups is 1. The molecule has 1 aromatic rings. The largest absolute Gasteiger partial charge is 0.508 e. The molecule has 0 aromatic heterocycles. The van der Waals surface area contributed by atoms with Crippen molar-refractivity contribution in [1.82, 2.24) is 5.32 Å². The van der Waals surface area contributed by atoms with Gasteiger partial charge in [-0.25, -0.2) is 0 Å². The standard InChI is InChI=1S/C31H40N2O4/c1-4-31(36)17-13-27-25-10-7-22-19-23(11-15-29(22,2)26(25)12-16-30(27,31)3)33-37-20-28(35)32-18-14-21-5-8-24(34)9-6-21/h1,5-6,8-9,19,25-27,34,36H,7,10-18,20H2,2-3H3,(H,32,35)/t25-,26+,27-,29+,30-,31-/m1/s1. The first kappa shape index (κ1) is 25.9. The lowest BCUT2D eigenvalue weighted by Gasteiger charge is -2.58.